The fraction of sp³-hybridized carbons (Fsp3) is 0.600. The Morgan fingerprint density at radius 3 is 2.83 bits per heavy atom. The van der Waals surface area contributed by atoms with Crippen molar-refractivity contribution < 1.29 is 9.47 Å². The molecule has 18 heavy (non-hydrogen) atoms. The molecule has 0 bridgehead atoms. The molecule has 3 nitrogen and oxygen atoms in total. The first-order valence-corrected chi connectivity index (χ1v) is 6.73. The molecule has 0 aliphatic rings. The fourth-order valence-corrected chi connectivity index (χ4v) is 1.75. The van der Waals surface area contributed by atoms with E-state index in [-0.39, 0.29) is 0 Å². The lowest BCUT2D eigenvalue weighted by Gasteiger charge is -2.15. The van der Waals surface area contributed by atoms with Gasteiger partial charge in [0.25, 0.3) is 0 Å². The third-order valence-corrected chi connectivity index (χ3v) is 2.81. The van der Waals surface area contributed by atoms with Gasteiger partial charge in [0.2, 0.25) is 0 Å². The van der Waals surface area contributed by atoms with Crippen molar-refractivity contribution in [1.82, 2.24) is 5.32 Å². The van der Waals surface area contributed by atoms with Crippen molar-refractivity contribution in [1.29, 1.82) is 0 Å². The van der Waals surface area contributed by atoms with Crippen molar-refractivity contribution in [2.24, 2.45) is 0 Å². The zero-order chi connectivity index (χ0) is 13.2. The van der Waals surface area contributed by atoms with Crippen LogP contribution in [0.5, 0.6) is 5.75 Å². The van der Waals surface area contributed by atoms with Crippen LogP contribution in [0.15, 0.2) is 24.3 Å². The van der Waals surface area contributed by atoms with Gasteiger partial charge < -0.3 is 14.8 Å². The van der Waals surface area contributed by atoms with Gasteiger partial charge in [0.15, 0.2) is 0 Å². The first-order valence-electron chi connectivity index (χ1n) is 6.73. The third kappa shape index (κ3) is 5.52. The molecule has 1 aromatic carbocycles. The van der Waals surface area contributed by atoms with E-state index in [2.05, 4.69) is 31.3 Å². The van der Waals surface area contributed by atoms with Crippen LogP contribution in [0.3, 0.4) is 0 Å². The van der Waals surface area contributed by atoms with E-state index in [0.717, 1.165) is 38.3 Å². The van der Waals surface area contributed by atoms with Crippen LogP contribution in [0.25, 0.3) is 0 Å². The first-order chi connectivity index (χ1) is 8.77. The van der Waals surface area contributed by atoms with Gasteiger partial charge in [0, 0.05) is 19.8 Å². The molecule has 1 atom stereocenters. The molecule has 0 amide bonds. The van der Waals surface area contributed by atoms with Crippen LogP contribution < -0.4 is 10.1 Å². The SMILES string of the molecule is CCCOc1cccc([C@@H](C)NCCCOC)c1. The van der Waals surface area contributed by atoms with Crippen molar-refractivity contribution in [2.45, 2.75) is 32.7 Å². The summed E-state index contributed by atoms with van der Waals surface area (Å²) >= 11 is 0. The standard InChI is InChI=1S/C15H25NO2/c1-4-10-18-15-8-5-7-14(12-15)13(2)16-9-6-11-17-3/h5,7-8,12-13,16H,4,6,9-11H2,1-3H3/t13-/m1/s1. The highest BCUT2D eigenvalue weighted by Gasteiger charge is 2.05. The number of ether oxygens (including phenoxy) is 2. The molecule has 0 spiro atoms. The summed E-state index contributed by atoms with van der Waals surface area (Å²) in [6.45, 7) is 6.84. The van der Waals surface area contributed by atoms with Crippen LogP contribution in [0.2, 0.25) is 0 Å². The molecule has 0 unspecified atom stereocenters. The molecule has 0 aliphatic heterocycles. The van der Waals surface area contributed by atoms with E-state index in [1.807, 2.05) is 12.1 Å². The summed E-state index contributed by atoms with van der Waals surface area (Å²) in [5.41, 5.74) is 1.26. The summed E-state index contributed by atoms with van der Waals surface area (Å²) < 4.78 is 10.7. The lowest BCUT2D eigenvalue weighted by Crippen LogP contribution is -2.20. The predicted octanol–water partition coefficient (Wildman–Crippen LogP) is 3.16. The normalized spacial score (nSPS) is 12.4. The summed E-state index contributed by atoms with van der Waals surface area (Å²) in [7, 11) is 1.73. The molecule has 0 saturated heterocycles. The molecule has 0 heterocycles. The maximum Gasteiger partial charge on any atom is 0.119 e. The van der Waals surface area contributed by atoms with Crippen LogP contribution in [-0.4, -0.2) is 26.9 Å². The molecule has 1 rings (SSSR count). The van der Waals surface area contributed by atoms with E-state index in [0.29, 0.717) is 6.04 Å². The van der Waals surface area contributed by atoms with Crippen molar-refractivity contribution in [3.8, 4) is 5.75 Å². The molecule has 3 heteroatoms. The number of hydrogen-bond acceptors (Lipinski definition) is 3. The Balaban J connectivity index is 2.43. The maximum atomic E-state index is 5.64. The van der Waals surface area contributed by atoms with Gasteiger partial charge in [-0.15, -0.1) is 0 Å². The number of benzene rings is 1. The smallest absolute Gasteiger partial charge is 0.119 e. The molecule has 0 aliphatic carbocycles. The Morgan fingerprint density at radius 2 is 2.11 bits per heavy atom. The van der Waals surface area contributed by atoms with Crippen molar-refractivity contribution in [3.63, 3.8) is 0 Å². The van der Waals surface area contributed by atoms with Gasteiger partial charge >= 0.3 is 0 Å². The molecule has 1 N–H and O–H groups in total. The van der Waals surface area contributed by atoms with Crippen molar-refractivity contribution in [3.05, 3.63) is 29.8 Å². The Kier molecular flexibility index (Phi) is 7.46. The molecule has 102 valence electrons. The van der Waals surface area contributed by atoms with E-state index in [4.69, 9.17) is 9.47 Å². The number of nitrogens with one attached hydrogen (secondary N) is 1. The topological polar surface area (TPSA) is 30.5 Å². The molecule has 0 radical (unpaired) electrons. The van der Waals surface area contributed by atoms with Gasteiger partial charge in [0.1, 0.15) is 5.75 Å². The minimum Gasteiger partial charge on any atom is -0.494 e. The second-order valence-electron chi connectivity index (χ2n) is 4.44. The Bertz CT molecular complexity index is 328. The minimum atomic E-state index is 0.340. The summed E-state index contributed by atoms with van der Waals surface area (Å²) in [6, 6.07) is 8.65. The lowest BCUT2D eigenvalue weighted by molar-refractivity contribution is 0.193. The molecule has 0 aromatic heterocycles. The Labute approximate surface area is 110 Å². The van der Waals surface area contributed by atoms with Gasteiger partial charge in [-0.3, -0.25) is 0 Å². The largest absolute Gasteiger partial charge is 0.494 e. The Morgan fingerprint density at radius 1 is 1.28 bits per heavy atom. The van der Waals surface area contributed by atoms with Crippen molar-refractivity contribution in [2.75, 3.05) is 26.9 Å². The van der Waals surface area contributed by atoms with Gasteiger partial charge in [-0.2, -0.15) is 0 Å². The number of methoxy groups -OCH3 is 1. The van der Waals surface area contributed by atoms with Gasteiger partial charge in [-0.25, -0.2) is 0 Å². The minimum absolute atomic E-state index is 0.340. The Hall–Kier alpha value is -1.06. The van der Waals surface area contributed by atoms with E-state index in [1.54, 1.807) is 7.11 Å². The summed E-state index contributed by atoms with van der Waals surface area (Å²) in [6.07, 6.45) is 2.07. The van der Waals surface area contributed by atoms with Crippen LogP contribution in [0.4, 0.5) is 0 Å². The summed E-state index contributed by atoms with van der Waals surface area (Å²) in [4.78, 5) is 0. The molecular weight excluding hydrogens is 226 g/mol. The highest BCUT2D eigenvalue weighted by Crippen LogP contribution is 2.19. The maximum absolute atomic E-state index is 5.64. The number of rotatable bonds is 9. The lowest BCUT2D eigenvalue weighted by atomic mass is 10.1. The predicted molar refractivity (Wildman–Crippen MR) is 75.1 cm³/mol. The van der Waals surface area contributed by atoms with E-state index in [1.165, 1.54) is 5.56 Å². The molecule has 0 saturated carbocycles. The van der Waals surface area contributed by atoms with Gasteiger partial charge in [0.05, 0.1) is 6.61 Å². The second kappa shape index (κ2) is 8.95. The zero-order valence-electron chi connectivity index (χ0n) is 11.7. The molecular formula is C15H25NO2. The average Bonchev–Trinajstić information content (AvgIpc) is 2.41. The monoisotopic (exact) mass is 251 g/mol. The summed E-state index contributed by atoms with van der Waals surface area (Å²) in [5.74, 6) is 0.958. The van der Waals surface area contributed by atoms with Crippen LogP contribution in [0.1, 0.15) is 38.3 Å². The summed E-state index contributed by atoms with van der Waals surface area (Å²) in [5, 5.41) is 3.48. The highest BCUT2D eigenvalue weighted by molar-refractivity contribution is 5.30. The van der Waals surface area contributed by atoms with Gasteiger partial charge in [-0.1, -0.05) is 19.1 Å². The quantitative estimate of drug-likeness (QED) is 0.684. The fourth-order valence-electron chi connectivity index (χ4n) is 1.75. The second-order valence-corrected chi connectivity index (χ2v) is 4.44. The van der Waals surface area contributed by atoms with Crippen LogP contribution in [0, 0.1) is 0 Å². The zero-order valence-corrected chi connectivity index (χ0v) is 11.7. The number of hydrogen-bond donors (Lipinski definition) is 1. The van der Waals surface area contributed by atoms with E-state index < -0.39 is 0 Å². The third-order valence-electron chi connectivity index (χ3n) is 2.81. The van der Waals surface area contributed by atoms with Crippen LogP contribution >= 0.6 is 0 Å². The highest BCUT2D eigenvalue weighted by atomic mass is 16.5. The van der Waals surface area contributed by atoms with Crippen LogP contribution in [-0.2, 0) is 4.74 Å². The van der Waals surface area contributed by atoms with Gasteiger partial charge in [-0.05, 0) is 44.0 Å². The van der Waals surface area contributed by atoms with Crippen molar-refractivity contribution >= 4 is 0 Å². The van der Waals surface area contributed by atoms with E-state index in [9.17, 15) is 0 Å². The molecule has 0 fully saturated rings. The molecule has 1 aromatic rings. The first kappa shape index (κ1) is 15.0. The average molecular weight is 251 g/mol. The van der Waals surface area contributed by atoms with E-state index >= 15 is 0 Å².